The number of piperidine rings is 1. The lowest BCUT2D eigenvalue weighted by Crippen LogP contribution is -2.37. The molecule has 1 saturated heterocycles. The summed E-state index contributed by atoms with van der Waals surface area (Å²) in [6.07, 6.45) is 11.7. The van der Waals surface area contributed by atoms with Gasteiger partial charge in [-0.05, 0) is 62.2 Å². The number of carboxylic acids is 1. The molecule has 1 N–H and O–H groups in total. The second-order valence-corrected chi connectivity index (χ2v) is 9.71. The lowest BCUT2D eigenvalue weighted by molar-refractivity contribution is -0.143. The fourth-order valence-corrected chi connectivity index (χ4v) is 5.04. The maximum absolute atomic E-state index is 14.7. The van der Waals surface area contributed by atoms with E-state index in [1.54, 1.807) is 42.7 Å². The van der Waals surface area contributed by atoms with Crippen molar-refractivity contribution in [1.29, 1.82) is 0 Å². The largest absolute Gasteiger partial charge is 0.481 e. The molecule has 1 atom stereocenters. The van der Waals surface area contributed by atoms with Crippen molar-refractivity contribution in [1.82, 2.24) is 35.0 Å². The monoisotopic (exact) mass is 527 g/mol. The molecule has 11 heteroatoms. The van der Waals surface area contributed by atoms with Gasteiger partial charge in [0.15, 0.2) is 11.5 Å². The second-order valence-electron chi connectivity index (χ2n) is 9.71. The van der Waals surface area contributed by atoms with Gasteiger partial charge < -0.3 is 9.63 Å². The van der Waals surface area contributed by atoms with Crippen LogP contribution < -0.4 is 0 Å². The summed E-state index contributed by atoms with van der Waals surface area (Å²) >= 11 is 0. The molecule has 10 nitrogen and oxygen atoms in total. The van der Waals surface area contributed by atoms with Gasteiger partial charge in [-0.1, -0.05) is 40.7 Å². The number of carboxylic acid groups (broad SMARTS) is 1. The number of hydrogen-bond donors (Lipinski definition) is 1. The van der Waals surface area contributed by atoms with E-state index in [1.165, 1.54) is 16.3 Å². The predicted molar refractivity (Wildman–Crippen MR) is 139 cm³/mol. The van der Waals surface area contributed by atoms with E-state index >= 15 is 0 Å². The van der Waals surface area contributed by atoms with Crippen LogP contribution in [0.25, 0.3) is 28.5 Å². The van der Waals surface area contributed by atoms with Crippen LogP contribution in [0.3, 0.4) is 0 Å². The summed E-state index contributed by atoms with van der Waals surface area (Å²) in [5, 5.41) is 21.9. The Kier molecular flexibility index (Phi) is 6.80. The molecule has 4 heterocycles. The van der Waals surface area contributed by atoms with E-state index in [9.17, 15) is 14.3 Å². The van der Waals surface area contributed by atoms with Gasteiger partial charge in [-0.25, -0.2) is 9.07 Å². The van der Waals surface area contributed by atoms with Gasteiger partial charge in [0.25, 0.3) is 5.89 Å². The minimum Gasteiger partial charge on any atom is -0.481 e. The summed E-state index contributed by atoms with van der Waals surface area (Å²) in [6.45, 7) is 2.36. The van der Waals surface area contributed by atoms with E-state index in [0.29, 0.717) is 30.1 Å². The zero-order chi connectivity index (χ0) is 26.8. The SMILES string of the molecule is O=C(O)C1CCN(CC2=CCC(c3noc(-c4nnn(-c5ccccc5F)c4-c4ccncc4)n3)C=C2)CC1. The van der Waals surface area contributed by atoms with E-state index in [2.05, 4.69) is 48.6 Å². The lowest BCUT2D eigenvalue weighted by Gasteiger charge is -2.30. The molecule has 0 radical (unpaired) electrons. The van der Waals surface area contributed by atoms with Gasteiger partial charge in [0, 0.05) is 30.4 Å². The summed E-state index contributed by atoms with van der Waals surface area (Å²) in [5.41, 5.74) is 3.04. The third kappa shape index (κ3) is 5.13. The fourth-order valence-electron chi connectivity index (χ4n) is 5.04. The van der Waals surface area contributed by atoms with Crippen molar-refractivity contribution in [2.75, 3.05) is 19.6 Å². The van der Waals surface area contributed by atoms with Crippen LogP contribution in [0.15, 0.2) is 77.1 Å². The number of nitrogens with zero attached hydrogens (tertiary/aromatic N) is 7. The number of hydrogen-bond acceptors (Lipinski definition) is 8. The first kappa shape index (κ1) is 24.8. The molecule has 198 valence electrons. The number of carbonyl (C=O) groups is 1. The van der Waals surface area contributed by atoms with E-state index < -0.39 is 11.8 Å². The minimum absolute atomic E-state index is 0.0602. The van der Waals surface area contributed by atoms with Crippen molar-refractivity contribution < 1.29 is 18.8 Å². The summed E-state index contributed by atoms with van der Waals surface area (Å²) in [7, 11) is 0. The maximum Gasteiger partial charge on any atom is 0.306 e. The zero-order valence-electron chi connectivity index (χ0n) is 21.0. The Bertz CT molecular complexity index is 1540. The Morgan fingerprint density at radius 3 is 2.64 bits per heavy atom. The van der Waals surface area contributed by atoms with Gasteiger partial charge >= 0.3 is 5.97 Å². The number of likely N-dealkylation sites (tertiary alicyclic amines) is 1. The van der Waals surface area contributed by atoms with Crippen LogP contribution in [0.4, 0.5) is 4.39 Å². The molecule has 0 spiro atoms. The number of aliphatic carboxylic acids is 1. The van der Waals surface area contributed by atoms with Crippen LogP contribution in [0.5, 0.6) is 0 Å². The molecule has 1 aliphatic heterocycles. The molecule has 6 rings (SSSR count). The van der Waals surface area contributed by atoms with Gasteiger partial charge in [-0.15, -0.1) is 5.10 Å². The van der Waals surface area contributed by atoms with Crippen molar-refractivity contribution >= 4 is 5.97 Å². The first-order valence-electron chi connectivity index (χ1n) is 12.8. The van der Waals surface area contributed by atoms with E-state index in [1.807, 2.05) is 0 Å². The number of rotatable bonds is 7. The molecular formula is C28H26FN7O3. The standard InChI is InChI=1S/C28H26FN7O3/c29-22-3-1-2-4-23(22)36-25(19-9-13-30-14-10-19)24(32-34-36)27-31-26(33-39-27)20-7-5-18(6-8-20)17-35-15-11-21(12-16-35)28(37)38/h1-7,9-10,13-14,20-21H,8,11-12,15-17H2,(H,37,38). The lowest BCUT2D eigenvalue weighted by atomic mass is 9.94. The molecule has 0 amide bonds. The zero-order valence-corrected chi connectivity index (χ0v) is 21.0. The summed E-state index contributed by atoms with van der Waals surface area (Å²) < 4.78 is 21.7. The molecule has 1 fully saturated rings. The third-order valence-electron chi connectivity index (χ3n) is 7.20. The molecule has 0 saturated carbocycles. The molecule has 0 bridgehead atoms. The number of aromatic nitrogens is 6. The summed E-state index contributed by atoms with van der Waals surface area (Å²) in [6, 6.07) is 9.92. The highest BCUT2D eigenvalue weighted by atomic mass is 19.1. The summed E-state index contributed by atoms with van der Waals surface area (Å²) in [5.74, 6) is -0.701. The second kappa shape index (κ2) is 10.7. The van der Waals surface area contributed by atoms with Crippen LogP contribution in [0.1, 0.15) is 31.0 Å². The molecule has 3 aromatic heterocycles. The smallest absolute Gasteiger partial charge is 0.306 e. The fraction of sp³-hybridized carbons (Fsp3) is 0.286. The first-order chi connectivity index (χ1) is 19.1. The predicted octanol–water partition coefficient (Wildman–Crippen LogP) is 4.28. The number of pyridine rings is 1. The highest BCUT2D eigenvalue weighted by Crippen LogP contribution is 2.33. The molecule has 2 aliphatic rings. The van der Waals surface area contributed by atoms with Crippen LogP contribution in [-0.2, 0) is 4.79 Å². The van der Waals surface area contributed by atoms with Gasteiger partial charge in [0.1, 0.15) is 17.2 Å². The van der Waals surface area contributed by atoms with Crippen molar-refractivity contribution in [3.05, 3.63) is 84.2 Å². The molecule has 4 aromatic rings. The Morgan fingerprint density at radius 1 is 1.13 bits per heavy atom. The Hall–Kier alpha value is -4.51. The van der Waals surface area contributed by atoms with Crippen LogP contribution in [0.2, 0.25) is 0 Å². The molecule has 1 aliphatic carbocycles. The van der Waals surface area contributed by atoms with Gasteiger partial charge in [0.2, 0.25) is 0 Å². The Labute approximate surface area is 223 Å². The van der Waals surface area contributed by atoms with Crippen LogP contribution in [0, 0.1) is 11.7 Å². The number of allylic oxidation sites excluding steroid dienone is 2. The average Bonchev–Trinajstić information content (AvgIpc) is 3.62. The van der Waals surface area contributed by atoms with Crippen molar-refractivity contribution in [3.8, 4) is 28.5 Å². The topological polar surface area (TPSA) is 123 Å². The first-order valence-corrected chi connectivity index (χ1v) is 12.8. The molecule has 39 heavy (non-hydrogen) atoms. The number of halogens is 1. The van der Waals surface area contributed by atoms with Gasteiger partial charge in [0.05, 0.1) is 5.92 Å². The third-order valence-corrected chi connectivity index (χ3v) is 7.20. The van der Waals surface area contributed by atoms with E-state index in [0.717, 1.165) is 31.6 Å². The summed E-state index contributed by atoms with van der Waals surface area (Å²) in [4.78, 5) is 22.2. The highest BCUT2D eigenvalue weighted by Gasteiger charge is 2.27. The quantitative estimate of drug-likeness (QED) is 0.375. The van der Waals surface area contributed by atoms with Crippen molar-refractivity contribution in [3.63, 3.8) is 0 Å². The maximum atomic E-state index is 14.7. The Balaban J connectivity index is 1.20. The minimum atomic E-state index is -0.698. The number of para-hydroxylation sites is 1. The Morgan fingerprint density at radius 2 is 1.92 bits per heavy atom. The normalized spacial score (nSPS) is 18.3. The average molecular weight is 528 g/mol. The van der Waals surface area contributed by atoms with Crippen molar-refractivity contribution in [2.24, 2.45) is 5.92 Å². The van der Waals surface area contributed by atoms with Gasteiger partial charge in [-0.3, -0.25) is 14.7 Å². The van der Waals surface area contributed by atoms with Crippen LogP contribution >= 0.6 is 0 Å². The van der Waals surface area contributed by atoms with Crippen LogP contribution in [-0.4, -0.2) is 65.7 Å². The molecule has 1 unspecified atom stereocenters. The van der Waals surface area contributed by atoms with E-state index in [4.69, 9.17) is 4.52 Å². The van der Waals surface area contributed by atoms with Crippen molar-refractivity contribution in [2.45, 2.75) is 25.2 Å². The number of benzene rings is 1. The molecular weight excluding hydrogens is 501 g/mol. The molecule has 1 aromatic carbocycles. The highest BCUT2D eigenvalue weighted by molar-refractivity contribution is 5.75. The van der Waals surface area contributed by atoms with E-state index in [-0.39, 0.29) is 23.4 Å². The van der Waals surface area contributed by atoms with Gasteiger partial charge in [-0.2, -0.15) is 4.98 Å².